The van der Waals surface area contributed by atoms with E-state index in [0.717, 1.165) is 22.9 Å². The third-order valence-electron chi connectivity index (χ3n) is 4.11. The van der Waals surface area contributed by atoms with E-state index in [1.807, 2.05) is 0 Å². The van der Waals surface area contributed by atoms with Crippen molar-refractivity contribution in [1.82, 2.24) is 10.2 Å². The van der Waals surface area contributed by atoms with Gasteiger partial charge in [-0.1, -0.05) is 34.7 Å². The maximum atomic E-state index is 12.9. The molecule has 0 aliphatic carbocycles. The first-order chi connectivity index (χ1) is 13.8. The average molecular weight is 512 g/mol. The average Bonchev–Trinajstić information content (AvgIpc) is 2.71. The Bertz CT molecular complexity index is 1070. The fraction of sp³-hybridized carbons (Fsp3) is 0.150. The number of halogens is 4. The van der Waals surface area contributed by atoms with Crippen molar-refractivity contribution >= 4 is 50.8 Å². The molecular formula is C20H16F3IN4O. The van der Waals surface area contributed by atoms with Crippen LogP contribution in [0, 0.1) is 0 Å². The zero-order valence-corrected chi connectivity index (χ0v) is 17.2. The summed E-state index contributed by atoms with van der Waals surface area (Å²) in [7, 11) is 0. The standard InChI is InChI=1S/C20H16F3IN4O/c1-2-8-25-18-15-7-6-12(9-16(15)17(11-24)27-28-18)19(29)26-14-5-3-4-13(10-14)20(21,22)23/h2-7,9-10H,1,8,11H2,(H,25,28)(H,26,29). The van der Waals surface area contributed by atoms with Crippen molar-refractivity contribution in [3.8, 4) is 0 Å². The molecule has 1 heterocycles. The normalized spacial score (nSPS) is 11.3. The Morgan fingerprint density at radius 1 is 1.14 bits per heavy atom. The van der Waals surface area contributed by atoms with E-state index >= 15 is 0 Å². The summed E-state index contributed by atoms with van der Waals surface area (Å²) in [6.07, 6.45) is -2.79. The molecule has 29 heavy (non-hydrogen) atoms. The summed E-state index contributed by atoms with van der Waals surface area (Å²) < 4.78 is 39.2. The second-order valence-electron chi connectivity index (χ2n) is 6.09. The van der Waals surface area contributed by atoms with Crippen LogP contribution in [-0.2, 0) is 10.6 Å². The van der Waals surface area contributed by atoms with E-state index in [2.05, 4.69) is 50.0 Å². The van der Waals surface area contributed by atoms with Gasteiger partial charge in [0.05, 0.1) is 11.3 Å². The number of nitrogens with zero attached hydrogens (tertiary/aromatic N) is 2. The van der Waals surface area contributed by atoms with Gasteiger partial charge in [-0.25, -0.2) is 0 Å². The van der Waals surface area contributed by atoms with Crippen molar-refractivity contribution in [3.63, 3.8) is 0 Å². The van der Waals surface area contributed by atoms with E-state index in [4.69, 9.17) is 0 Å². The summed E-state index contributed by atoms with van der Waals surface area (Å²) in [5, 5.41) is 15.5. The van der Waals surface area contributed by atoms with Crippen molar-refractivity contribution in [1.29, 1.82) is 0 Å². The molecule has 1 amide bonds. The number of carbonyl (C=O) groups is 1. The van der Waals surface area contributed by atoms with E-state index < -0.39 is 17.6 Å². The molecule has 0 saturated carbocycles. The molecule has 0 aliphatic heterocycles. The topological polar surface area (TPSA) is 66.9 Å². The van der Waals surface area contributed by atoms with Crippen LogP contribution in [0.2, 0.25) is 0 Å². The highest BCUT2D eigenvalue weighted by Gasteiger charge is 2.30. The minimum atomic E-state index is -4.48. The number of anilines is 2. The van der Waals surface area contributed by atoms with Gasteiger partial charge in [0.25, 0.3) is 5.91 Å². The lowest BCUT2D eigenvalue weighted by molar-refractivity contribution is -0.137. The van der Waals surface area contributed by atoms with E-state index in [1.165, 1.54) is 12.1 Å². The zero-order chi connectivity index (χ0) is 21.0. The van der Waals surface area contributed by atoms with E-state index in [0.29, 0.717) is 28.0 Å². The van der Waals surface area contributed by atoms with E-state index in [1.54, 1.807) is 24.3 Å². The molecule has 0 saturated heterocycles. The predicted octanol–water partition coefficient (Wildman–Crippen LogP) is 5.43. The highest BCUT2D eigenvalue weighted by Crippen LogP contribution is 2.31. The predicted molar refractivity (Wildman–Crippen MR) is 115 cm³/mol. The molecule has 0 spiro atoms. The number of hydrogen-bond donors (Lipinski definition) is 2. The molecule has 0 bridgehead atoms. The summed E-state index contributed by atoms with van der Waals surface area (Å²) in [5.41, 5.74) is 0.261. The first-order valence-corrected chi connectivity index (χ1v) is 10.0. The van der Waals surface area contributed by atoms with Crippen LogP contribution in [0.1, 0.15) is 21.6 Å². The van der Waals surface area contributed by atoms with Crippen LogP contribution in [0.25, 0.3) is 10.8 Å². The van der Waals surface area contributed by atoms with Gasteiger partial charge in [0.15, 0.2) is 5.82 Å². The van der Waals surface area contributed by atoms with Gasteiger partial charge < -0.3 is 10.6 Å². The van der Waals surface area contributed by atoms with Gasteiger partial charge in [0, 0.05) is 33.0 Å². The fourth-order valence-electron chi connectivity index (χ4n) is 2.72. The molecular weight excluding hydrogens is 496 g/mol. The minimum absolute atomic E-state index is 0.0697. The van der Waals surface area contributed by atoms with Crippen LogP contribution in [-0.4, -0.2) is 22.6 Å². The monoisotopic (exact) mass is 512 g/mol. The van der Waals surface area contributed by atoms with Crippen molar-refractivity contribution < 1.29 is 18.0 Å². The van der Waals surface area contributed by atoms with Gasteiger partial charge in [0.1, 0.15) is 0 Å². The maximum Gasteiger partial charge on any atom is 0.416 e. The molecule has 0 fully saturated rings. The molecule has 0 unspecified atom stereocenters. The third kappa shape index (κ3) is 4.84. The number of alkyl halides is 4. The second kappa shape index (κ2) is 8.76. The summed E-state index contributed by atoms with van der Waals surface area (Å²) in [6.45, 7) is 4.16. The number of rotatable bonds is 6. The minimum Gasteiger partial charge on any atom is -0.365 e. The van der Waals surface area contributed by atoms with Crippen molar-refractivity contribution in [2.24, 2.45) is 0 Å². The number of fused-ring (bicyclic) bond motifs is 1. The van der Waals surface area contributed by atoms with Crippen LogP contribution in [0.5, 0.6) is 0 Å². The highest BCUT2D eigenvalue weighted by molar-refractivity contribution is 14.1. The van der Waals surface area contributed by atoms with Gasteiger partial charge in [0.2, 0.25) is 0 Å². The van der Waals surface area contributed by atoms with Gasteiger partial charge in [-0.3, -0.25) is 4.79 Å². The number of carbonyl (C=O) groups excluding carboxylic acids is 1. The van der Waals surface area contributed by atoms with Crippen LogP contribution in [0.4, 0.5) is 24.7 Å². The SMILES string of the molecule is C=CCNc1nnc(CI)c2cc(C(=O)Nc3cccc(C(F)(F)F)c3)ccc12. The Morgan fingerprint density at radius 3 is 2.62 bits per heavy atom. The van der Waals surface area contributed by atoms with Gasteiger partial charge in [-0.15, -0.1) is 11.7 Å². The molecule has 9 heteroatoms. The number of aromatic nitrogens is 2. The van der Waals surface area contributed by atoms with Crippen molar-refractivity contribution in [3.05, 3.63) is 71.9 Å². The summed E-state index contributed by atoms with van der Waals surface area (Å²) in [5.74, 6) is 0.0568. The lowest BCUT2D eigenvalue weighted by Crippen LogP contribution is -2.13. The molecule has 0 radical (unpaired) electrons. The Kier molecular flexibility index (Phi) is 6.36. The first kappa shape index (κ1) is 21.0. The smallest absolute Gasteiger partial charge is 0.365 e. The Morgan fingerprint density at radius 2 is 1.93 bits per heavy atom. The first-order valence-electron chi connectivity index (χ1n) is 8.52. The molecule has 150 valence electrons. The molecule has 1 aromatic heterocycles. The Labute approximate surface area is 178 Å². The van der Waals surface area contributed by atoms with Crippen LogP contribution in [0.3, 0.4) is 0 Å². The van der Waals surface area contributed by atoms with Gasteiger partial charge >= 0.3 is 6.18 Å². The van der Waals surface area contributed by atoms with Crippen molar-refractivity contribution in [2.45, 2.75) is 10.6 Å². The highest BCUT2D eigenvalue weighted by atomic mass is 127. The second-order valence-corrected chi connectivity index (χ2v) is 6.85. The maximum absolute atomic E-state index is 12.9. The largest absolute Gasteiger partial charge is 0.416 e. The number of hydrogen-bond acceptors (Lipinski definition) is 4. The Hall–Kier alpha value is -2.69. The van der Waals surface area contributed by atoms with Crippen LogP contribution < -0.4 is 10.6 Å². The number of amides is 1. The van der Waals surface area contributed by atoms with Crippen LogP contribution >= 0.6 is 22.6 Å². The summed E-state index contributed by atoms with van der Waals surface area (Å²) in [4.78, 5) is 12.6. The van der Waals surface area contributed by atoms with E-state index in [9.17, 15) is 18.0 Å². The van der Waals surface area contributed by atoms with E-state index in [-0.39, 0.29) is 5.69 Å². The molecule has 0 aliphatic rings. The summed E-state index contributed by atoms with van der Waals surface area (Å²) >= 11 is 2.15. The van der Waals surface area contributed by atoms with Crippen molar-refractivity contribution in [2.75, 3.05) is 17.2 Å². The van der Waals surface area contributed by atoms with Crippen LogP contribution in [0.15, 0.2) is 55.1 Å². The lowest BCUT2D eigenvalue weighted by atomic mass is 10.1. The quantitative estimate of drug-likeness (QED) is 0.263. The molecule has 3 aromatic rings. The third-order valence-corrected chi connectivity index (χ3v) is 4.83. The molecule has 5 nitrogen and oxygen atoms in total. The summed E-state index contributed by atoms with van der Waals surface area (Å²) in [6, 6.07) is 9.52. The number of nitrogens with one attached hydrogen (secondary N) is 2. The molecule has 2 aromatic carbocycles. The fourth-order valence-corrected chi connectivity index (χ4v) is 3.29. The Balaban J connectivity index is 1.93. The number of benzene rings is 2. The van der Waals surface area contributed by atoms with Gasteiger partial charge in [-0.05, 0) is 36.4 Å². The molecule has 3 rings (SSSR count). The lowest BCUT2D eigenvalue weighted by Gasteiger charge is -2.12. The molecule has 0 atom stereocenters. The zero-order valence-electron chi connectivity index (χ0n) is 15.1. The van der Waals surface area contributed by atoms with Gasteiger partial charge in [-0.2, -0.15) is 18.3 Å². The molecule has 2 N–H and O–H groups in total.